The topological polar surface area (TPSA) is 98.2 Å². The lowest BCUT2D eigenvalue weighted by Gasteiger charge is -2.26. The van der Waals surface area contributed by atoms with Gasteiger partial charge in [-0.05, 0) is 91.9 Å². The number of ketones is 1. The molecule has 0 radical (unpaired) electrons. The molecule has 200 valence electrons. The van der Waals surface area contributed by atoms with E-state index < -0.39 is 11.1 Å². The molecule has 1 aromatic heterocycles. The second-order valence-electron chi connectivity index (χ2n) is 10.8. The molecule has 38 heavy (non-hydrogen) atoms. The molecule has 1 aliphatic heterocycles. The van der Waals surface area contributed by atoms with E-state index in [1.807, 2.05) is 6.20 Å². The van der Waals surface area contributed by atoms with Crippen molar-refractivity contribution in [3.8, 4) is 0 Å². The van der Waals surface area contributed by atoms with E-state index >= 15 is 0 Å². The van der Waals surface area contributed by atoms with Crippen molar-refractivity contribution in [3.05, 3.63) is 76.6 Å². The third-order valence-electron chi connectivity index (χ3n) is 7.88. The number of hydrogen-bond donors (Lipinski definition) is 1. The molecule has 2 aromatic carbocycles. The van der Waals surface area contributed by atoms with Crippen molar-refractivity contribution in [2.75, 3.05) is 5.32 Å². The Labute approximate surface area is 227 Å². The number of carbonyl (C=O) groups excluding carboxylic acids is 1. The van der Waals surface area contributed by atoms with E-state index in [0.29, 0.717) is 29.9 Å². The number of aryl methyl sites for hydroxylation is 2. The van der Waals surface area contributed by atoms with Crippen LogP contribution >= 0.6 is 0 Å². The summed E-state index contributed by atoms with van der Waals surface area (Å²) in [5.41, 5.74) is 6.36. The molecule has 2 heterocycles. The molecule has 1 aliphatic carbocycles. The van der Waals surface area contributed by atoms with Gasteiger partial charge in [0.05, 0.1) is 5.69 Å². The minimum absolute atomic E-state index is 0.0906. The van der Waals surface area contributed by atoms with Crippen LogP contribution in [0.1, 0.15) is 77.7 Å². The Kier molecular flexibility index (Phi) is 8.31. The van der Waals surface area contributed by atoms with Crippen molar-refractivity contribution in [2.24, 2.45) is 5.92 Å². The molecule has 0 saturated heterocycles. The van der Waals surface area contributed by atoms with Crippen LogP contribution in [0.25, 0.3) is 0 Å². The van der Waals surface area contributed by atoms with Gasteiger partial charge in [-0.15, -0.1) is 0 Å². The first-order valence-electron chi connectivity index (χ1n) is 13.5. The lowest BCUT2D eigenvalue weighted by Crippen LogP contribution is -2.30. The van der Waals surface area contributed by atoms with Gasteiger partial charge in [-0.25, -0.2) is 9.97 Å². The number of Topliss-reactive ketones (excluding diaryl/α,β-unsaturated/α-hetero) is 1. The number of aromatic nitrogens is 2. The average Bonchev–Trinajstić information content (AvgIpc) is 3.16. The molecular weight excluding hydrogens is 496 g/mol. The Bertz CT molecular complexity index is 1310. The second kappa shape index (κ2) is 11.8. The number of carbonyl (C=O) groups is 1. The van der Waals surface area contributed by atoms with Crippen LogP contribution in [-0.2, 0) is 24.2 Å². The maximum Gasteiger partial charge on any atom is 0.227 e. The van der Waals surface area contributed by atoms with Gasteiger partial charge in [-0.2, -0.15) is 0 Å². The molecule has 2 unspecified atom stereocenters. The Morgan fingerprint density at radius 3 is 2.55 bits per heavy atom. The highest BCUT2D eigenvalue weighted by atomic mass is 32.2. The predicted octanol–water partition coefficient (Wildman–Crippen LogP) is 6.00. The summed E-state index contributed by atoms with van der Waals surface area (Å²) in [6.45, 7) is 5.94. The lowest BCUT2D eigenvalue weighted by molar-refractivity contribution is 0.0972. The van der Waals surface area contributed by atoms with Crippen LogP contribution in [0.4, 0.5) is 11.6 Å². The highest BCUT2D eigenvalue weighted by Gasteiger charge is 2.29. The molecule has 5 rings (SSSR count). The van der Waals surface area contributed by atoms with Gasteiger partial charge in [0.25, 0.3) is 0 Å². The Morgan fingerprint density at radius 2 is 1.82 bits per heavy atom. The van der Waals surface area contributed by atoms with Crippen LogP contribution in [0.3, 0.4) is 0 Å². The van der Waals surface area contributed by atoms with Crippen molar-refractivity contribution in [2.45, 2.75) is 82.8 Å². The maximum atomic E-state index is 12.6. The molecule has 0 amide bonds. The van der Waals surface area contributed by atoms with Crippen LogP contribution < -0.4 is 5.32 Å². The third-order valence-corrected chi connectivity index (χ3v) is 8.54. The van der Waals surface area contributed by atoms with E-state index in [4.69, 9.17) is 4.98 Å². The first kappa shape index (κ1) is 26.7. The van der Waals surface area contributed by atoms with Gasteiger partial charge in [0, 0.05) is 53.5 Å². The van der Waals surface area contributed by atoms with Crippen molar-refractivity contribution in [1.82, 2.24) is 14.9 Å². The molecule has 2 aliphatic rings. The summed E-state index contributed by atoms with van der Waals surface area (Å²) in [5.74, 6) is 1.29. The molecule has 1 saturated carbocycles. The zero-order valence-corrected chi connectivity index (χ0v) is 22.9. The highest BCUT2D eigenvalue weighted by Crippen LogP contribution is 2.33. The molecule has 1 fully saturated rings. The normalized spacial score (nSPS) is 20.5. The number of hydrogen-bond acceptors (Lipinski definition) is 7. The van der Waals surface area contributed by atoms with E-state index in [0.717, 1.165) is 50.2 Å². The summed E-state index contributed by atoms with van der Waals surface area (Å²) in [7, 11) is 0. The van der Waals surface area contributed by atoms with Crippen molar-refractivity contribution in [3.63, 3.8) is 0 Å². The van der Waals surface area contributed by atoms with Crippen LogP contribution in [-0.4, -0.2) is 35.5 Å². The van der Waals surface area contributed by atoms with Gasteiger partial charge >= 0.3 is 0 Å². The van der Waals surface area contributed by atoms with Crippen molar-refractivity contribution < 1.29 is 13.6 Å². The Hall–Kier alpha value is -2.94. The molecule has 7 nitrogen and oxygen atoms in total. The average molecular weight is 532 g/mol. The number of benzene rings is 2. The van der Waals surface area contributed by atoms with E-state index in [9.17, 15) is 13.6 Å². The summed E-state index contributed by atoms with van der Waals surface area (Å²) in [6, 6.07) is 13.1. The minimum atomic E-state index is -2.27. The quantitative estimate of drug-likeness (QED) is 0.216. The van der Waals surface area contributed by atoms with Gasteiger partial charge in [-0.3, -0.25) is 13.9 Å². The standard InChI is InChI=1S/C30H36N4O3S/c1-20-14-21(2)16-25(15-20)32-30-31-17-24-18-34(19-28(24)33-30)26-5-3-4-22(6-10-26)7-13-29(35)23-8-11-27(12-9-23)38(36)37/h8-9,11-12,14-17,22,26H,3-7,10,13,18-19H2,1-2H3,(H,36,37)(H,31,32,33)/p-1/t22?,26-/m0/s1. The van der Waals surface area contributed by atoms with Crippen LogP contribution in [0, 0.1) is 19.8 Å². The highest BCUT2D eigenvalue weighted by molar-refractivity contribution is 7.79. The minimum Gasteiger partial charge on any atom is -0.768 e. The summed E-state index contributed by atoms with van der Waals surface area (Å²) in [6.07, 6.45) is 9.14. The van der Waals surface area contributed by atoms with Gasteiger partial charge < -0.3 is 9.87 Å². The number of anilines is 2. The van der Waals surface area contributed by atoms with E-state index in [1.165, 1.54) is 41.7 Å². The van der Waals surface area contributed by atoms with Crippen LogP contribution in [0.2, 0.25) is 0 Å². The largest absolute Gasteiger partial charge is 0.768 e. The van der Waals surface area contributed by atoms with Gasteiger partial charge in [-0.1, -0.05) is 31.0 Å². The molecule has 3 atom stereocenters. The Morgan fingerprint density at radius 1 is 1.05 bits per heavy atom. The van der Waals surface area contributed by atoms with Gasteiger partial charge in [0.1, 0.15) is 0 Å². The third kappa shape index (κ3) is 6.54. The zero-order valence-electron chi connectivity index (χ0n) is 22.1. The number of rotatable bonds is 8. The fourth-order valence-corrected chi connectivity index (χ4v) is 6.28. The lowest BCUT2D eigenvalue weighted by atomic mass is 9.92. The van der Waals surface area contributed by atoms with Crippen molar-refractivity contribution in [1.29, 1.82) is 0 Å². The fraction of sp³-hybridized carbons (Fsp3) is 0.433. The predicted molar refractivity (Wildman–Crippen MR) is 148 cm³/mol. The number of nitrogens with zero attached hydrogens (tertiary/aromatic N) is 3. The first-order chi connectivity index (χ1) is 18.3. The fourth-order valence-electron chi connectivity index (χ4n) is 5.92. The SMILES string of the molecule is Cc1cc(C)cc(Nc2ncc3c(n2)CN([C@H]2CCCC(CCC(=O)c4ccc(S(=O)[O-])cc4)CC2)C3)c1. The first-order valence-corrected chi connectivity index (χ1v) is 14.6. The number of nitrogens with one attached hydrogen (secondary N) is 1. The monoisotopic (exact) mass is 531 g/mol. The van der Waals surface area contributed by atoms with Crippen molar-refractivity contribution >= 4 is 28.5 Å². The smallest absolute Gasteiger partial charge is 0.227 e. The maximum absolute atomic E-state index is 12.6. The summed E-state index contributed by atoms with van der Waals surface area (Å²) in [4.78, 5) is 24.8. The van der Waals surface area contributed by atoms with Gasteiger partial charge in [0.15, 0.2) is 5.78 Å². The zero-order chi connectivity index (χ0) is 26.6. The molecular formula is C30H35N4O3S-. The summed E-state index contributed by atoms with van der Waals surface area (Å²) in [5, 5.41) is 3.37. The van der Waals surface area contributed by atoms with E-state index in [-0.39, 0.29) is 10.7 Å². The molecule has 1 N–H and O–H groups in total. The number of fused-ring (bicyclic) bond motifs is 1. The van der Waals surface area contributed by atoms with Crippen LogP contribution in [0.15, 0.2) is 53.6 Å². The Balaban J connectivity index is 1.12. The molecule has 3 aromatic rings. The van der Waals surface area contributed by atoms with E-state index in [1.54, 1.807) is 12.1 Å². The van der Waals surface area contributed by atoms with E-state index in [2.05, 4.69) is 47.2 Å². The summed E-state index contributed by atoms with van der Waals surface area (Å²) < 4.78 is 22.1. The second-order valence-corrected chi connectivity index (χ2v) is 11.8. The molecule has 0 bridgehead atoms. The summed E-state index contributed by atoms with van der Waals surface area (Å²) >= 11 is -2.27. The molecule has 0 spiro atoms. The van der Waals surface area contributed by atoms with Crippen LogP contribution in [0.5, 0.6) is 0 Å². The van der Waals surface area contributed by atoms with Gasteiger partial charge in [0.2, 0.25) is 5.95 Å². The molecule has 8 heteroatoms.